The van der Waals surface area contributed by atoms with Gasteiger partial charge in [0.2, 0.25) is 0 Å². The van der Waals surface area contributed by atoms with Gasteiger partial charge in [-0.25, -0.2) is 4.79 Å². The predicted molar refractivity (Wildman–Crippen MR) is 99.9 cm³/mol. The maximum absolute atomic E-state index is 12.3. The Hall–Kier alpha value is -2.67. The molecule has 2 aromatic carbocycles. The van der Waals surface area contributed by atoms with E-state index in [4.69, 9.17) is 9.47 Å². The summed E-state index contributed by atoms with van der Waals surface area (Å²) in [6.45, 7) is 3.92. The number of nitrogens with one attached hydrogen (secondary N) is 1. The highest BCUT2D eigenvalue weighted by Gasteiger charge is 2.21. The van der Waals surface area contributed by atoms with Crippen molar-refractivity contribution in [1.29, 1.82) is 0 Å². The van der Waals surface area contributed by atoms with Crippen molar-refractivity contribution in [2.75, 3.05) is 18.2 Å². The van der Waals surface area contributed by atoms with E-state index in [1.165, 1.54) is 19.2 Å². The molecule has 1 N–H and O–H groups in total. The maximum Gasteiger partial charge on any atom is 0.340 e. The molecule has 0 heterocycles. The average molecular weight is 375 g/mol. The molecule has 0 aliphatic carbocycles. The van der Waals surface area contributed by atoms with E-state index >= 15 is 0 Å². The summed E-state index contributed by atoms with van der Waals surface area (Å²) in [4.78, 5) is 24.9. The molecule has 0 radical (unpaired) electrons. The second-order valence-electron chi connectivity index (χ2n) is 5.44. The number of hydrogen-bond acceptors (Lipinski definition) is 5. The third kappa shape index (κ3) is 5.16. The molecule has 6 nitrogen and oxygen atoms in total. The van der Waals surface area contributed by atoms with Crippen LogP contribution in [-0.2, 0) is 20.3 Å². The first-order chi connectivity index (χ1) is 12.4. The molecule has 0 aliphatic rings. The third-order valence-electron chi connectivity index (χ3n) is 3.50. The van der Waals surface area contributed by atoms with Gasteiger partial charge in [0.05, 0.1) is 27.9 Å². The van der Waals surface area contributed by atoms with Crippen LogP contribution in [0.1, 0.15) is 24.2 Å². The van der Waals surface area contributed by atoms with Crippen LogP contribution in [-0.4, -0.2) is 35.1 Å². The highest BCUT2D eigenvalue weighted by molar-refractivity contribution is 7.84. The molecule has 26 heavy (non-hydrogen) atoms. The quantitative estimate of drug-likeness (QED) is 0.753. The molecule has 0 bridgehead atoms. The maximum atomic E-state index is 12.3. The van der Waals surface area contributed by atoms with Crippen molar-refractivity contribution in [3.05, 3.63) is 54.1 Å². The molecule has 0 unspecified atom stereocenters. The Morgan fingerprint density at radius 2 is 1.77 bits per heavy atom. The zero-order valence-corrected chi connectivity index (χ0v) is 15.7. The highest BCUT2D eigenvalue weighted by atomic mass is 32.2. The number of esters is 1. The Morgan fingerprint density at radius 1 is 1.12 bits per heavy atom. The van der Waals surface area contributed by atoms with Crippen LogP contribution in [0.5, 0.6) is 5.75 Å². The van der Waals surface area contributed by atoms with E-state index in [9.17, 15) is 13.8 Å². The number of anilines is 1. The van der Waals surface area contributed by atoms with Gasteiger partial charge in [0.1, 0.15) is 5.75 Å². The minimum Gasteiger partial charge on any atom is -0.494 e. The van der Waals surface area contributed by atoms with E-state index in [1.807, 2.05) is 6.92 Å². The van der Waals surface area contributed by atoms with Crippen LogP contribution in [0.4, 0.5) is 5.69 Å². The molecule has 0 aliphatic heterocycles. The zero-order chi connectivity index (χ0) is 19.1. The molecular weight excluding hydrogens is 354 g/mol. The van der Waals surface area contributed by atoms with E-state index < -0.39 is 28.8 Å². The van der Waals surface area contributed by atoms with Gasteiger partial charge in [-0.2, -0.15) is 0 Å². The number of amides is 1. The highest BCUT2D eigenvalue weighted by Crippen LogP contribution is 2.17. The number of ether oxygens (including phenoxy) is 2. The number of rotatable bonds is 7. The van der Waals surface area contributed by atoms with E-state index in [2.05, 4.69) is 5.32 Å². The van der Waals surface area contributed by atoms with Gasteiger partial charge >= 0.3 is 5.97 Å². The first-order valence-electron chi connectivity index (χ1n) is 8.09. The van der Waals surface area contributed by atoms with Gasteiger partial charge in [-0.3, -0.25) is 9.00 Å². The van der Waals surface area contributed by atoms with Crippen molar-refractivity contribution in [2.24, 2.45) is 0 Å². The lowest BCUT2D eigenvalue weighted by molar-refractivity contribution is -0.123. The van der Waals surface area contributed by atoms with E-state index in [-0.39, 0.29) is 5.56 Å². The molecule has 2 aromatic rings. The van der Waals surface area contributed by atoms with Crippen LogP contribution in [0.15, 0.2) is 53.4 Å². The van der Waals surface area contributed by atoms with Crippen molar-refractivity contribution >= 4 is 28.4 Å². The molecule has 1 amide bonds. The average Bonchev–Trinajstić information content (AvgIpc) is 2.63. The van der Waals surface area contributed by atoms with Gasteiger partial charge in [0.25, 0.3) is 5.91 Å². The molecule has 138 valence electrons. The van der Waals surface area contributed by atoms with Gasteiger partial charge in [-0.1, -0.05) is 12.1 Å². The van der Waals surface area contributed by atoms with Crippen LogP contribution in [0.25, 0.3) is 0 Å². The summed E-state index contributed by atoms with van der Waals surface area (Å²) in [5.74, 6) is -0.447. The molecule has 0 spiro atoms. The first kappa shape index (κ1) is 19.7. The third-order valence-corrected chi connectivity index (χ3v) is 4.48. The van der Waals surface area contributed by atoms with E-state index in [1.54, 1.807) is 42.5 Å². The van der Waals surface area contributed by atoms with Crippen LogP contribution < -0.4 is 10.1 Å². The number of hydrogen-bond donors (Lipinski definition) is 1. The van der Waals surface area contributed by atoms with Crippen molar-refractivity contribution in [3.8, 4) is 5.75 Å². The summed E-state index contributed by atoms with van der Waals surface area (Å²) in [6.07, 6.45) is 0.473. The second-order valence-corrected chi connectivity index (χ2v) is 6.79. The van der Waals surface area contributed by atoms with Crippen molar-refractivity contribution < 1.29 is 23.3 Å². The second kappa shape index (κ2) is 9.15. The number of carbonyl (C=O) groups is 2. The standard InChI is InChI=1S/C19H21NO5S/c1-4-24-15-11-9-14(10-12-15)20-18(21)13(2)25-19(22)16-7-5-6-8-17(16)26(3)23/h5-13H,4H2,1-3H3,(H,20,21)/t13-,26-/m1/s1. The lowest BCUT2D eigenvalue weighted by Crippen LogP contribution is -2.30. The van der Waals surface area contributed by atoms with Crippen LogP contribution in [0.2, 0.25) is 0 Å². The van der Waals surface area contributed by atoms with Gasteiger partial charge < -0.3 is 14.8 Å². The first-order valence-corrected chi connectivity index (χ1v) is 9.65. The summed E-state index contributed by atoms with van der Waals surface area (Å²) in [5.41, 5.74) is 0.755. The van der Waals surface area contributed by atoms with Crippen LogP contribution in [0.3, 0.4) is 0 Å². The number of carbonyl (C=O) groups excluding carboxylic acids is 2. The Labute approximate surface area is 155 Å². The SMILES string of the molecule is CCOc1ccc(NC(=O)[C@@H](C)OC(=O)c2ccccc2[S@@](C)=O)cc1. The van der Waals surface area contributed by atoms with Crippen molar-refractivity contribution in [3.63, 3.8) is 0 Å². The predicted octanol–water partition coefficient (Wildman–Crippen LogP) is 3.01. The summed E-state index contributed by atoms with van der Waals surface area (Å²) in [6, 6.07) is 13.3. The fraction of sp³-hybridized carbons (Fsp3) is 0.263. The summed E-state index contributed by atoms with van der Waals surface area (Å²) in [5, 5.41) is 2.67. The lowest BCUT2D eigenvalue weighted by atomic mass is 10.2. The minimum absolute atomic E-state index is 0.189. The fourth-order valence-corrected chi connectivity index (χ4v) is 2.94. The molecule has 0 fully saturated rings. The molecule has 2 rings (SSSR count). The van der Waals surface area contributed by atoms with E-state index in [0.29, 0.717) is 22.9 Å². The van der Waals surface area contributed by atoms with Crippen molar-refractivity contribution in [2.45, 2.75) is 24.8 Å². The minimum atomic E-state index is -1.34. The van der Waals surface area contributed by atoms with Crippen molar-refractivity contribution in [1.82, 2.24) is 0 Å². The van der Waals surface area contributed by atoms with Crippen LogP contribution >= 0.6 is 0 Å². The topological polar surface area (TPSA) is 81.7 Å². The fourth-order valence-electron chi connectivity index (χ4n) is 2.21. The monoisotopic (exact) mass is 375 g/mol. The Balaban J connectivity index is 2.00. The summed E-state index contributed by atoms with van der Waals surface area (Å²) >= 11 is 0. The van der Waals surface area contributed by atoms with Gasteiger partial charge in [0.15, 0.2) is 6.10 Å². The summed E-state index contributed by atoms with van der Waals surface area (Å²) < 4.78 is 22.3. The van der Waals surface area contributed by atoms with Gasteiger partial charge in [-0.05, 0) is 50.2 Å². The molecule has 2 atom stereocenters. The number of benzene rings is 2. The molecule has 0 aromatic heterocycles. The molecular formula is C19H21NO5S. The Bertz CT molecular complexity index is 804. The molecule has 7 heteroatoms. The van der Waals surface area contributed by atoms with Gasteiger partial charge in [-0.15, -0.1) is 0 Å². The lowest BCUT2D eigenvalue weighted by Gasteiger charge is -2.15. The van der Waals surface area contributed by atoms with Crippen LogP contribution in [0, 0.1) is 0 Å². The Kier molecular flexibility index (Phi) is 6.91. The molecule has 0 saturated carbocycles. The zero-order valence-electron chi connectivity index (χ0n) is 14.9. The Morgan fingerprint density at radius 3 is 2.38 bits per heavy atom. The molecule has 0 saturated heterocycles. The normalized spacial score (nSPS) is 12.7. The smallest absolute Gasteiger partial charge is 0.340 e. The van der Waals surface area contributed by atoms with Gasteiger partial charge in [0, 0.05) is 11.9 Å². The summed E-state index contributed by atoms with van der Waals surface area (Å²) in [7, 11) is -1.34. The largest absolute Gasteiger partial charge is 0.494 e. The van der Waals surface area contributed by atoms with E-state index in [0.717, 1.165) is 0 Å².